The van der Waals surface area contributed by atoms with E-state index in [0.717, 1.165) is 0 Å². The van der Waals surface area contributed by atoms with Gasteiger partial charge < -0.3 is 15.2 Å². The lowest BCUT2D eigenvalue weighted by atomic mass is 9.90. The van der Waals surface area contributed by atoms with Crippen molar-refractivity contribution < 1.29 is 22.7 Å². The van der Waals surface area contributed by atoms with Gasteiger partial charge in [0, 0.05) is 13.1 Å². The molecule has 0 aromatic heterocycles. The molecule has 0 aliphatic carbocycles. The van der Waals surface area contributed by atoms with E-state index in [-0.39, 0.29) is 21.6 Å². The second-order valence-electron chi connectivity index (χ2n) is 5.96. The van der Waals surface area contributed by atoms with Gasteiger partial charge in [0.15, 0.2) is 0 Å². The molecule has 0 bridgehead atoms. The largest absolute Gasteiger partial charge is 0.495 e. The molecule has 1 aliphatic rings. The van der Waals surface area contributed by atoms with Crippen LogP contribution in [0.25, 0.3) is 0 Å². The van der Waals surface area contributed by atoms with Gasteiger partial charge in [-0.2, -0.15) is 4.31 Å². The summed E-state index contributed by atoms with van der Waals surface area (Å²) in [7, 11) is -1.15. The number of hydrogen-bond acceptors (Lipinski definition) is 6. The van der Waals surface area contributed by atoms with Crippen molar-refractivity contribution in [2.24, 2.45) is 11.1 Å². The number of carbonyl (C=O) groups is 1. The standard InChI is InChI=1S/C15H22N2O5S/c1-15(9-16)6-7-17(10-15)23(19,20)13-8-11(14(18)22-3)4-5-12(13)21-2/h4-5,8H,6-7,9-10,16H2,1-3H3. The van der Waals surface area contributed by atoms with Gasteiger partial charge in [0.2, 0.25) is 10.0 Å². The fourth-order valence-corrected chi connectivity index (χ4v) is 4.39. The van der Waals surface area contributed by atoms with Crippen LogP contribution in [0.15, 0.2) is 23.1 Å². The van der Waals surface area contributed by atoms with E-state index in [0.29, 0.717) is 26.1 Å². The smallest absolute Gasteiger partial charge is 0.337 e. The van der Waals surface area contributed by atoms with Crippen molar-refractivity contribution in [3.8, 4) is 5.75 Å². The zero-order valence-electron chi connectivity index (χ0n) is 13.5. The van der Waals surface area contributed by atoms with E-state index < -0.39 is 16.0 Å². The summed E-state index contributed by atoms with van der Waals surface area (Å²) in [6.45, 7) is 3.11. The van der Waals surface area contributed by atoms with Gasteiger partial charge in [-0.3, -0.25) is 0 Å². The predicted molar refractivity (Wildman–Crippen MR) is 84.9 cm³/mol. The lowest BCUT2D eigenvalue weighted by Crippen LogP contribution is -2.34. The van der Waals surface area contributed by atoms with E-state index in [1.807, 2.05) is 6.92 Å². The van der Waals surface area contributed by atoms with Crippen LogP contribution in [0.5, 0.6) is 5.75 Å². The van der Waals surface area contributed by atoms with Crippen LogP contribution >= 0.6 is 0 Å². The number of benzene rings is 1. The van der Waals surface area contributed by atoms with Crippen LogP contribution in [0.1, 0.15) is 23.7 Å². The summed E-state index contributed by atoms with van der Waals surface area (Å²) in [6, 6.07) is 4.22. The van der Waals surface area contributed by atoms with Gasteiger partial charge in [0.05, 0.1) is 19.8 Å². The first-order chi connectivity index (χ1) is 10.8. The average Bonchev–Trinajstić information content (AvgIpc) is 2.97. The summed E-state index contributed by atoms with van der Waals surface area (Å²) < 4.78 is 37.1. The third-order valence-corrected chi connectivity index (χ3v) is 6.08. The summed E-state index contributed by atoms with van der Waals surface area (Å²) in [5.41, 5.74) is 5.67. The molecule has 1 atom stereocenters. The molecule has 2 N–H and O–H groups in total. The number of esters is 1. The molecule has 0 radical (unpaired) electrons. The van der Waals surface area contributed by atoms with E-state index in [1.165, 1.54) is 36.7 Å². The Morgan fingerprint density at radius 3 is 2.61 bits per heavy atom. The molecule has 1 aromatic carbocycles. The summed E-state index contributed by atoms with van der Waals surface area (Å²) in [6.07, 6.45) is 0.696. The Balaban J connectivity index is 2.45. The van der Waals surface area contributed by atoms with Crippen LogP contribution < -0.4 is 10.5 Å². The molecule has 23 heavy (non-hydrogen) atoms. The molecular weight excluding hydrogens is 320 g/mol. The van der Waals surface area contributed by atoms with Crippen molar-refractivity contribution in [1.82, 2.24) is 4.31 Å². The van der Waals surface area contributed by atoms with Gasteiger partial charge >= 0.3 is 5.97 Å². The summed E-state index contributed by atoms with van der Waals surface area (Å²) >= 11 is 0. The molecule has 1 fully saturated rings. The molecule has 1 heterocycles. The zero-order valence-corrected chi connectivity index (χ0v) is 14.4. The van der Waals surface area contributed by atoms with E-state index in [9.17, 15) is 13.2 Å². The first-order valence-corrected chi connectivity index (χ1v) is 8.68. The Morgan fingerprint density at radius 1 is 1.39 bits per heavy atom. The minimum atomic E-state index is -3.78. The summed E-state index contributed by atoms with van der Waals surface area (Å²) in [4.78, 5) is 11.6. The van der Waals surface area contributed by atoms with Crippen LogP contribution in [0, 0.1) is 5.41 Å². The summed E-state index contributed by atoms with van der Waals surface area (Å²) in [5, 5.41) is 0. The number of rotatable bonds is 5. The lowest BCUT2D eigenvalue weighted by molar-refractivity contribution is 0.0600. The van der Waals surface area contributed by atoms with Crippen LogP contribution in [0.4, 0.5) is 0 Å². The number of hydrogen-bond donors (Lipinski definition) is 1. The lowest BCUT2D eigenvalue weighted by Gasteiger charge is -2.23. The molecule has 128 valence electrons. The zero-order chi connectivity index (χ0) is 17.3. The Morgan fingerprint density at radius 2 is 2.09 bits per heavy atom. The minimum absolute atomic E-state index is 0.0378. The Hall–Kier alpha value is -1.64. The molecule has 2 rings (SSSR count). The van der Waals surface area contributed by atoms with Gasteiger partial charge in [-0.1, -0.05) is 6.92 Å². The predicted octanol–water partition coefficient (Wildman–Crippen LogP) is 0.841. The van der Waals surface area contributed by atoms with Gasteiger partial charge in [-0.25, -0.2) is 13.2 Å². The number of nitrogens with zero attached hydrogens (tertiary/aromatic N) is 1. The van der Waals surface area contributed by atoms with Crippen LogP contribution in [-0.4, -0.2) is 52.5 Å². The van der Waals surface area contributed by atoms with Crippen molar-refractivity contribution in [3.05, 3.63) is 23.8 Å². The van der Waals surface area contributed by atoms with Crippen LogP contribution in [-0.2, 0) is 14.8 Å². The highest BCUT2D eigenvalue weighted by Crippen LogP contribution is 2.35. The number of methoxy groups -OCH3 is 2. The van der Waals surface area contributed by atoms with E-state index >= 15 is 0 Å². The molecule has 1 saturated heterocycles. The highest BCUT2D eigenvalue weighted by molar-refractivity contribution is 7.89. The van der Waals surface area contributed by atoms with Gasteiger partial charge in [-0.15, -0.1) is 0 Å². The van der Waals surface area contributed by atoms with E-state index in [1.54, 1.807) is 0 Å². The maximum absolute atomic E-state index is 12.9. The number of nitrogens with two attached hydrogens (primary N) is 1. The normalized spacial score (nSPS) is 22.1. The van der Waals surface area contributed by atoms with Crippen LogP contribution in [0.2, 0.25) is 0 Å². The van der Waals surface area contributed by atoms with Crippen molar-refractivity contribution in [1.29, 1.82) is 0 Å². The molecule has 0 saturated carbocycles. The second-order valence-corrected chi connectivity index (χ2v) is 7.87. The quantitative estimate of drug-likeness (QED) is 0.796. The average molecular weight is 342 g/mol. The molecule has 7 nitrogen and oxygen atoms in total. The van der Waals surface area contributed by atoms with Crippen molar-refractivity contribution >= 4 is 16.0 Å². The van der Waals surface area contributed by atoms with E-state index in [2.05, 4.69) is 4.74 Å². The molecule has 8 heteroatoms. The van der Waals surface area contributed by atoms with Gasteiger partial charge in [-0.05, 0) is 36.6 Å². The Kier molecular flexibility index (Phi) is 4.98. The van der Waals surface area contributed by atoms with Gasteiger partial charge in [0.25, 0.3) is 0 Å². The minimum Gasteiger partial charge on any atom is -0.495 e. The fraction of sp³-hybridized carbons (Fsp3) is 0.533. The topological polar surface area (TPSA) is 98.9 Å². The maximum atomic E-state index is 12.9. The second kappa shape index (κ2) is 6.46. The number of carbonyl (C=O) groups excluding carboxylic acids is 1. The van der Waals surface area contributed by atoms with E-state index in [4.69, 9.17) is 10.5 Å². The monoisotopic (exact) mass is 342 g/mol. The fourth-order valence-electron chi connectivity index (χ4n) is 2.61. The summed E-state index contributed by atoms with van der Waals surface area (Å²) in [5.74, 6) is -0.406. The third kappa shape index (κ3) is 3.34. The molecule has 0 amide bonds. The molecule has 0 spiro atoms. The maximum Gasteiger partial charge on any atom is 0.337 e. The highest BCUT2D eigenvalue weighted by atomic mass is 32.2. The van der Waals surface area contributed by atoms with Gasteiger partial charge in [0.1, 0.15) is 10.6 Å². The molecular formula is C15H22N2O5S. The molecule has 1 unspecified atom stereocenters. The van der Waals surface area contributed by atoms with Crippen molar-refractivity contribution in [2.45, 2.75) is 18.2 Å². The first-order valence-electron chi connectivity index (χ1n) is 7.24. The molecule has 1 aromatic rings. The number of ether oxygens (including phenoxy) is 2. The van der Waals surface area contributed by atoms with Crippen molar-refractivity contribution in [2.75, 3.05) is 33.9 Å². The molecule has 1 aliphatic heterocycles. The highest BCUT2D eigenvalue weighted by Gasteiger charge is 2.40. The third-order valence-electron chi connectivity index (χ3n) is 4.22. The first kappa shape index (κ1) is 17.7. The van der Waals surface area contributed by atoms with Crippen molar-refractivity contribution in [3.63, 3.8) is 0 Å². The Labute approximate surface area is 136 Å². The SMILES string of the molecule is COC(=O)c1ccc(OC)c(S(=O)(=O)N2CCC(C)(CN)C2)c1. The Bertz CT molecular complexity index is 704. The number of sulfonamides is 1. The van der Waals surface area contributed by atoms with Crippen LogP contribution in [0.3, 0.4) is 0 Å².